The van der Waals surface area contributed by atoms with Crippen molar-refractivity contribution in [1.29, 1.82) is 0 Å². The van der Waals surface area contributed by atoms with E-state index in [1.807, 2.05) is 74.5 Å². The molecule has 0 saturated heterocycles. The van der Waals surface area contributed by atoms with Gasteiger partial charge in [0.05, 0.1) is 12.5 Å². The topological polar surface area (TPSA) is 72.5 Å². The summed E-state index contributed by atoms with van der Waals surface area (Å²) in [5.41, 5.74) is 1.86. The van der Waals surface area contributed by atoms with Gasteiger partial charge in [-0.05, 0) is 29.9 Å². The molecule has 0 aliphatic carbocycles. The van der Waals surface area contributed by atoms with Crippen molar-refractivity contribution in [3.05, 3.63) is 71.8 Å². The number of hydrogen-bond acceptors (Lipinski definition) is 4. The van der Waals surface area contributed by atoms with Gasteiger partial charge in [0.25, 0.3) is 0 Å². The Labute approximate surface area is 172 Å². The molecule has 1 amide bonds. The molecule has 0 bridgehead atoms. The van der Waals surface area contributed by atoms with E-state index >= 15 is 0 Å². The monoisotopic (exact) mass is 395 g/mol. The second-order valence-electron chi connectivity index (χ2n) is 7.62. The van der Waals surface area contributed by atoms with E-state index in [0.717, 1.165) is 17.4 Å². The molecule has 1 N–H and O–H groups in total. The lowest BCUT2D eigenvalue weighted by Gasteiger charge is -2.21. The Morgan fingerprint density at radius 3 is 2.10 bits per heavy atom. The molecular formula is C24H29NO4. The minimum absolute atomic E-state index is 0.00619. The first kappa shape index (κ1) is 22.3. The molecule has 0 aliphatic rings. The van der Waals surface area contributed by atoms with Gasteiger partial charge in [0.1, 0.15) is 12.9 Å². The van der Waals surface area contributed by atoms with Crippen molar-refractivity contribution < 1.29 is 19.1 Å². The fourth-order valence-electron chi connectivity index (χ4n) is 3.15. The number of carbonyl (C=O) groups excluding carboxylic acids is 3. The number of nitrogens with one attached hydrogen (secondary N) is 1. The second-order valence-corrected chi connectivity index (χ2v) is 7.62. The smallest absolute Gasteiger partial charge is 0.306 e. The van der Waals surface area contributed by atoms with E-state index in [0.29, 0.717) is 12.8 Å². The lowest BCUT2D eigenvalue weighted by molar-refractivity contribution is -0.148. The molecule has 29 heavy (non-hydrogen) atoms. The highest BCUT2D eigenvalue weighted by Gasteiger charge is 2.25. The fraction of sp³-hybridized carbons (Fsp3) is 0.375. The number of amides is 1. The second kappa shape index (κ2) is 11.8. The number of aldehydes is 1. The van der Waals surface area contributed by atoms with Crippen molar-refractivity contribution in [2.45, 2.75) is 45.8 Å². The summed E-state index contributed by atoms with van der Waals surface area (Å²) >= 11 is 0. The fourth-order valence-corrected chi connectivity index (χ4v) is 3.15. The summed E-state index contributed by atoms with van der Waals surface area (Å²) < 4.78 is 5.33. The molecule has 2 rings (SSSR count). The summed E-state index contributed by atoms with van der Waals surface area (Å²) in [4.78, 5) is 36.5. The zero-order valence-corrected chi connectivity index (χ0v) is 17.0. The van der Waals surface area contributed by atoms with Crippen LogP contribution in [0.25, 0.3) is 0 Å². The lowest BCUT2D eigenvalue weighted by Crippen LogP contribution is -2.42. The van der Waals surface area contributed by atoms with Crippen LogP contribution >= 0.6 is 0 Å². The number of rotatable bonds is 11. The van der Waals surface area contributed by atoms with Crippen LogP contribution in [0.3, 0.4) is 0 Å². The Morgan fingerprint density at radius 1 is 0.966 bits per heavy atom. The van der Waals surface area contributed by atoms with Crippen LogP contribution in [0.4, 0.5) is 0 Å². The molecule has 2 atom stereocenters. The summed E-state index contributed by atoms with van der Waals surface area (Å²) in [5.74, 6) is -1.00. The molecule has 0 fully saturated rings. The van der Waals surface area contributed by atoms with Crippen LogP contribution in [-0.4, -0.2) is 24.2 Å². The quantitative estimate of drug-likeness (QED) is 0.465. The first-order valence-electron chi connectivity index (χ1n) is 9.97. The van der Waals surface area contributed by atoms with Crippen LogP contribution in [0.5, 0.6) is 0 Å². The third-order valence-corrected chi connectivity index (χ3v) is 4.57. The van der Waals surface area contributed by atoms with E-state index in [4.69, 9.17) is 4.74 Å². The van der Waals surface area contributed by atoms with E-state index in [-0.39, 0.29) is 24.9 Å². The maximum atomic E-state index is 12.8. The van der Waals surface area contributed by atoms with Crippen molar-refractivity contribution in [2.24, 2.45) is 11.8 Å². The van der Waals surface area contributed by atoms with Gasteiger partial charge >= 0.3 is 5.97 Å². The largest absolute Gasteiger partial charge is 0.461 e. The molecule has 154 valence electrons. The highest BCUT2D eigenvalue weighted by molar-refractivity contribution is 5.85. The Balaban J connectivity index is 1.93. The summed E-state index contributed by atoms with van der Waals surface area (Å²) in [7, 11) is 0. The molecule has 0 aliphatic heterocycles. The third kappa shape index (κ3) is 8.30. The lowest BCUT2D eigenvalue weighted by atomic mass is 9.93. The van der Waals surface area contributed by atoms with Gasteiger partial charge in [0, 0.05) is 5.92 Å². The van der Waals surface area contributed by atoms with Gasteiger partial charge in [-0.15, -0.1) is 0 Å². The van der Waals surface area contributed by atoms with Gasteiger partial charge in [0.15, 0.2) is 0 Å². The predicted molar refractivity (Wildman–Crippen MR) is 112 cm³/mol. The molecule has 2 unspecified atom stereocenters. The van der Waals surface area contributed by atoms with Crippen molar-refractivity contribution in [3.63, 3.8) is 0 Å². The molecule has 0 spiro atoms. The van der Waals surface area contributed by atoms with Crippen molar-refractivity contribution >= 4 is 18.2 Å². The predicted octanol–water partition coefficient (Wildman–Crippen LogP) is 3.71. The van der Waals surface area contributed by atoms with E-state index in [2.05, 4.69) is 5.32 Å². The molecule has 5 heteroatoms. The van der Waals surface area contributed by atoms with Crippen LogP contribution in [0.1, 0.15) is 37.8 Å². The first-order valence-corrected chi connectivity index (χ1v) is 9.97. The van der Waals surface area contributed by atoms with Crippen molar-refractivity contribution in [2.75, 3.05) is 0 Å². The highest BCUT2D eigenvalue weighted by Crippen LogP contribution is 2.18. The number of hydrogen-bond donors (Lipinski definition) is 1. The molecule has 5 nitrogen and oxygen atoms in total. The number of benzene rings is 2. The normalized spacial score (nSPS) is 12.8. The van der Waals surface area contributed by atoms with Crippen LogP contribution in [0.15, 0.2) is 60.7 Å². The standard InChI is InChI=1S/C24H29NO4/c1-18(2)13-21(15-23(27)29-17-20-11-7-4-8-12-20)24(28)25-22(16-26)14-19-9-5-3-6-10-19/h3-12,16,18,21-22H,13-15,17H2,1-2H3,(H,25,28). The van der Waals surface area contributed by atoms with Crippen LogP contribution in [0, 0.1) is 11.8 Å². The van der Waals surface area contributed by atoms with Crippen LogP contribution in [0.2, 0.25) is 0 Å². The maximum Gasteiger partial charge on any atom is 0.306 e. The average molecular weight is 395 g/mol. The summed E-state index contributed by atoms with van der Waals surface area (Å²) in [6, 6.07) is 18.3. The zero-order valence-electron chi connectivity index (χ0n) is 17.0. The zero-order chi connectivity index (χ0) is 21.1. The van der Waals surface area contributed by atoms with Gasteiger partial charge in [-0.1, -0.05) is 74.5 Å². The van der Waals surface area contributed by atoms with Gasteiger partial charge in [-0.3, -0.25) is 9.59 Å². The van der Waals surface area contributed by atoms with Gasteiger partial charge in [-0.2, -0.15) is 0 Å². The van der Waals surface area contributed by atoms with E-state index in [1.54, 1.807) is 0 Å². The van der Waals surface area contributed by atoms with Crippen LogP contribution < -0.4 is 5.32 Å². The SMILES string of the molecule is CC(C)CC(CC(=O)OCc1ccccc1)C(=O)NC(C=O)Cc1ccccc1. The third-order valence-electron chi connectivity index (χ3n) is 4.57. The maximum absolute atomic E-state index is 12.8. The Hall–Kier alpha value is -2.95. The van der Waals surface area contributed by atoms with E-state index in [1.165, 1.54) is 0 Å². The Kier molecular flexibility index (Phi) is 9.09. The first-order chi connectivity index (χ1) is 14.0. The molecule has 2 aromatic rings. The molecule has 0 saturated carbocycles. The van der Waals surface area contributed by atoms with E-state index in [9.17, 15) is 14.4 Å². The van der Waals surface area contributed by atoms with Crippen molar-refractivity contribution in [3.8, 4) is 0 Å². The number of carbonyl (C=O) groups is 3. The van der Waals surface area contributed by atoms with Gasteiger partial charge < -0.3 is 14.8 Å². The van der Waals surface area contributed by atoms with Gasteiger partial charge in [-0.25, -0.2) is 0 Å². The summed E-state index contributed by atoms with van der Waals surface area (Å²) in [6.45, 7) is 4.17. The summed E-state index contributed by atoms with van der Waals surface area (Å²) in [6.07, 6.45) is 1.70. The Bertz CT molecular complexity index is 774. The molecular weight excluding hydrogens is 366 g/mol. The van der Waals surface area contributed by atoms with E-state index < -0.39 is 17.9 Å². The van der Waals surface area contributed by atoms with Crippen molar-refractivity contribution in [1.82, 2.24) is 5.32 Å². The summed E-state index contributed by atoms with van der Waals surface area (Å²) in [5, 5.41) is 2.79. The number of esters is 1. The minimum atomic E-state index is -0.625. The molecule has 0 heterocycles. The van der Waals surface area contributed by atoms with Crippen LogP contribution in [-0.2, 0) is 32.1 Å². The Morgan fingerprint density at radius 2 is 1.55 bits per heavy atom. The average Bonchev–Trinajstić information content (AvgIpc) is 2.72. The minimum Gasteiger partial charge on any atom is -0.461 e. The molecule has 0 aromatic heterocycles. The van der Waals surface area contributed by atoms with Gasteiger partial charge in [0.2, 0.25) is 5.91 Å². The number of ether oxygens (including phenoxy) is 1. The highest BCUT2D eigenvalue weighted by atomic mass is 16.5. The molecule has 0 radical (unpaired) electrons. The molecule has 2 aromatic carbocycles.